The first kappa shape index (κ1) is 16.3. The van der Waals surface area contributed by atoms with Crippen molar-refractivity contribution in [1.29, 1.82) is 0 Å². The number of hydrogen-bond donors (Lipinski definition) is 1. The lowest BCUT2D eigenvalue weighted by Gasteiger charge is -2.07. The third-order valence-corrected chi connectivity index (χ3v) is 4.79. The van der Waals surface area contributed by atoms with E-state index in [0.29, 0.717) is 17.7 Å². The summed E-state index contributed by atoms with van der Waals surface area (Å²) >= 11 is 1.58. The molecule has 0 saturated carbocycles. The second kappa shape index (κ2) is 7.37. The molecule has 0 aromatic heterocycles. The average molecular weight is 333 g/mol. The second-order valence-corrected chi connectivity index (χ2v) is 6.47. The number of anilines is 1. The Morgan fingerprint density at radius 3 is 2.21 bits per heavy atom. The SMILES string of the molecule is CSc1ccc(C(=O)Cc2ccc(-c3ccccc3)cc2)cc1N. The Balaban J connectivity index is 1.74. The number of Topliss-reactive ketones (excluding diaryl/α,β-unsaturated/α-hetero) is 1. The largest absolute Gasteiger partial charge is 0.398 e. The highest BCUT2D eigenvalue weighted by Gasteiger charge is 2.09. The Kier molecular flexibility index (Phi) is 5.02. The molecule has 3 heteroatoms. The summed E-state index contributed by atoms with van der Waals surface area (Å²) in [5, 5.41) is 0. The average Bonchev–Trinajstić information content (AvgIpc) is 2.63. The third-order valence-electron chi connectivity index (χ3n) is 3.98. The highest BCUT2D eigenvalue weighted by atomic mass is 32.2. The first-order valence-corrected chi connectivity index (χ1v) is 9.01. The molecule has 0 heterocycles. The molecule has 0 amide bonds. The minimum atomic E-state index is 0.0850. The topological polar surface area (TPSA) is 43.1 Å². The summed E-state index contributed by atoms with van der Waals surface area (Å²) in [5.74, 6) is 0.0850. The molecular formula is C21H19NOS. The maximum absolute atomic E-state index is 12.5. The normalized spacial score (nSPS) is 10.5. The van der Waals surface area contributed by atoms with E-state index in [4.69, 9.17) is 5.73 Å². The fourth-order valence-electron chi connectivity index (χ4n) is 2.64. The predicted octanol–water partition coefficient (Wildman–Crippen LogP) is 5.08. The number of hydrogen-bond acceptors (Lipinski definition) is 3. The predicted molar refractivity (Wildman–Crippen MR) is 103 cm³/mol. The summed E-state index contributed by atoms with van der Waals surface area (Å²) < 4.78 is 0. The van der Waals surface area contributed by atoms with Crippen molar-refractivity contribution in [1.82, 2.24) is 0 Å². The zero-order chi connectivity index (χ0) is 16.9. The zero-order valence-electron chi connectivity index (χ0n) is 13.5. The van der Waals surface area contributed by atoms with Gasteiger partial charge in [0, 0.05) is 22.6 Å². The standard InChI is InChI=1S/C21H19NOS/c1-24-21-12-11-18(14-19(21)22)20(23)13-15-7-9-17(10-8-15)16-5-3-2-4-6-16/h2-12,14H,13,22H2,1H3. The molecule has 3 rings (SSSR count). The molecule has 3 aromatic rings. The van der Waals surface area contributed by atoms with E-state index >= 15 is 0 Å². The third kappa shape index (κ3) is 3.69. The number of thioether (sulfide) groups is 1. The quantitative estimate of drug-likeness (QED) is 0.402. The molecule has 0 atom stereocenters. The van der Waals surface area contributed by atoms with Gasteiger partial charge in [-0.2, -0.15) is 0 Å². The molecule has 0 fully saturated rings. The van der Waals surface area contributed by atoms with Crippen molar-refractivity contribution in [3.63, 3.8) is 0 Å². The van der Waals surface area contributed by atoms with E-state index < -0.39 is 0 Å². The number of rotatable bonds is 5. The van der Waals surface area contributed by atoms with Gasteiger partial charge in [0.25, 0.3) is 0 Å². The Bertz CT molecular complexity index is 841. The molecule has 0 aliphatic heterocycles. The van der Waals surface area contributed by atoms with Crippen molar-refractivity contribution in [3.05, 3.63) is 83.9 Å². The van der Waals surface area contributed by atoms with Gasteiger partial charge in [0.15, 0.2) is 5.78 Å². The number of benzene rings is 3. The van der Waals surface area contributed by atoms with Gasteiger partial charge < -0.3 is 5.73 Å². The van der Waals surface area contributed by atoms with Crippen LogP contribution in [-0.4, -0.2) is 12.0 Å². The first-order valence-electron chi connectivity index (χ1n) is 7.78. The van der Waals surface area contributed by atoms with Gasteiger partial charge in [0.1, 0.15) is 0 Å². The number of carbonyl (C=O) groups is 1. The van der Waals surface area contributed by atoms with Crippen LogP contribution in [0.2, 0.25) is 0 Å². The maximum atomic E-state index is 12.5. The van der Waals surface area contributed by atoms with Gasteiger partial charge in [0.2, 0.25) is 0 Å². The van der Waals surface area contributed by atoms with Crippen molar-refractivity contribution >= 4 is 23.2 Å². The maximum Gasteiger partial charge on any atom is 0.167 e. The van der Waals surface area contributed by atoms with Gasteiger partial charge >= 0.3 is 0 Å². The fourth-order valence-corrected chi connectivity index (χ4v) is 3.14. The molecule has 0 saturated heterocycles. The number of carbonyl (C=O) groups excluding carboxylic acids is 1. The van der Waals surface area contributed by atoms with Gasteiger partial charge in [-0.05, 0) is 35.1 Å². The van der Waals surface area contributed by atoms with Crippen molar-refractivity contribution < 1.29 is 4.79 Å². The minimum absolute atomic E-state index is 0.0850. The minimum Gasteiger partial charge on any atom is -0.398 e. The molecule has 0 radical (unpaired) electrons. The summed E-state index contributed by atoms with van der Waals surface area (Å²) in [7, 11) is 0. The molecular weight excluding hydrogens is 314 g/mol. The molecule has 2 N–H and O–H groups in total. The lowest BCUT2D eigenvalue weighted by atomic mass is 9.99. The summed E-state index contributed by atoms with van der Waals surface area (Å²) in [6.45, 7) is 0. The van der Waals surface area contributed by atoms with Gasteiger partial charge in [-0.15, -0.1) is 11.8 Å². The van der Waals surface area contributed by atoms with Crippen molar-refractivity contribution in [3.8, 4) is 11.1 Å². The molecule has 0 unspecified atom stereocenters. The van der Waals surface area contributed by atoms with E-state index in [1.165, 1.54) is 5.56 Å². The monoisotopic (exact) mass is 333 g/mol. The Labute approximate surface area is 146 Å². The number of nitrogen functional groups attached to an aromatic ring is 1. The van der Waals surface area contributed by atoms with Crippen LogP contribution < -0.4 is 5.73 Å². The Morgan fingerprint density at radius 1 is 0.917 bits per heavy atom. The van der Waals surface area contributed by atoms with Crippen molar-refractivity contribution in [2.24, 2.45) is 0 Å². The van der Waals surface area contributed by atoms with Crippen LogP contribution in [0.1, 0.15) is 15.9 Å². The highest BCUT2D eigenvalue weighted by molar-refractivity contribution is 7.98. The van der Waals surface area contributed by atoms with Crippen molar-refractivity contribution in [2.45, 2.75) is 11.3 Å². The van der Waals surface area contributed by atoms with Crippen LogP contribution >= 0.6 is 11.8 Å². The smallest absolute Gasteiger partial charge is 0.167 e. The van der Waals surface area contributed by atoms with E-state index in [2.05, 4.69) is 24.3 Å². The summed E-state index contributed by atoms with van der Waals surface area (Å²) in [5.41, 5.74) is 10.6. The molecule has 0 spiro atoms. The molecule has 2 nitrogen and oxygen atoms in total. The molecule has 24 heavy (non-hydrogen) atoms. The van der Waals surface area contributed by atoms with Crippen LogP contribution in [0.3, 0.4) is 0 Å². The van der Waals surface area contributed by atoms with Crippen LogP contribution in [0.5, 0.6) is 0 Å². The molecule has 3 aromatic carbocycles. The number of ketones is 1. The molecule has 120 valence electrons. The van der Waals surface area contributed by atoms with Crippen LogP contribution in [0.4, 0.5) is 5.69 Å². The van der Waals surface area contributed by atoms with E-state index in [1.807, 2.05) is 48.7 Å². The lowest BCUT2D eigenvalue weighted by molar-refractivity contribution is 0.0993. The lowest BCUT2D eigenvalue weighted by Crippen LogP contribution is -2.04. The zero-order valence-corrected chi connectivity index (χ0v) is 14.3. The Morgan fingerprint density at radius 2 is 1.58 bits per heavy atom. The number of nitrogens with two attached hydrogens (primary N) is 1. The fraction of sp³-hybridized carbons (Fsp3) is 0.0952. The van der Waals surface area contributed by atoms with Crippen molar-refractivity contribution in [2.75, 3.05) is 12.0 Å². The summed E-state index contributed by atoms with van der Waals surface area (Å²) in [6, 6.07) is 23.9. The van der Waals surface area contributed by atoms with E-state index in [-0.39, 0.29) is 5.78 Å². The van der Waals surface area contributed by atoms with E-state index in [0.717, 1.165) is 16.0 Å². The van der Waals surface area contributed by atoms with Gasteiger partial charge in [-0.1, -0.05) is 60.7 Å². The van der Waals surface area contributed by atoms with Crippen LogP contribution in [0.15, 0.2) is 77.7 Å². The first-order chi connectivity index (χ1) is 11.7. The van der Waals surface area contributed by atoms with Gasteiger partial charge in [0.05, 0.1) is 0 Å². The van der Waals surface area contributed by atoms with Crippen LogP contribution in [-0.2, 0) is 6.42 Å². The molecule has 0 aliphatic rings. The molecule has 0 bridgehead atoms. The highest BCUT2D eigenvalue weighted by Crippen LogP contribution is 2.24. The Hall–Kier alpha value is -2.52. The second-order valence-electron chi connectivity index (χ2n) is 5.62. The van der Waals surface area contributed by atoms with E-state index in [9.17, 15) is 4.79 Å². The summed E-state index contributed by atoms with van der Waals surface area (Å²) in [6.07, 6.45) is 2.36. The van der Waals surface area contributed by atoms with Crippen LogP contribution in [0.25, 0.3) is 11.1 Å². The van der Waals surface area contributed by atoms with E-state index in [1.54, 1.807) is 17.8 Å². The van der Waals surface area contributed by atoms with Gasteiger partial charge in [-0.3, -0.25) is 4.79 Å². The van der Waals surface area contributed by atoms with Gasteiger partial charge in [-0.25, -0.2) is 0 Å². The summed E-state index contributed by atoms with van der Waals surface area (Å²) in [4.78, 5) is 13.5. The molecule has 0 aliphatic carbocycles. The van der Waals surface area contributed by atoms with Crippen LogP contribution in [0, 0.1) is 0 Å².